The Kier molecular flexibility index (Phi) is 5.76. The minimum atomic E-state index is -0.190. The molecule has 24 heavy (non-hydrogen) atoms. The van der Waals surface area contributed by atoms with E-state index in [0.29, 0.717) is 16.8 Å². The second kappa shape index (κ2) is 8.01. The van der Waals surface area contributed by atoms with Crippen LogP contribution in [0.3, 0.4) is 0 Å². The van der Waals surface area contributed by atoms with Gasteiger partial charge >= 0.3 is 6.03 Å². The third-order valence-corrected chi connectivity index (χ3v) is 5.67. The fraction of sp³-hybridized carbons (Fsp3) is 0.389. The minimum absolute atomic E-state index is 0.0518. The standard InChI is InChI=1S/C18H22ClN3OS/c1-13(20-18(23)21-15-7-4-6-14(19)12-15)17(16-8-5-11-24-16)22-9-2-3-10-22/h4-8,11-13,17H,2-3,9-10H2,1H3,(H2,20,21,23)/p+1/t13-,17+/m1/s1. The number of hydrogen-bond donors (Lipinski definition) is 3. The third kappa shape index (κ3) is 4.29. The summed E-state index contributed by atoms with van der Waals surface area (Å²) in [5.74, 6) is 0. The summed E-state index contributed by atoms with van der Waals surface area (Å²) in [6, 6.07) is 11.6. The average molecular weight is 365 g/mol. The Labute approximate surface area is 151 Å². The first-order valence-corrected chi connectivity index (χ1v) is 9.60. The van der Waals surface area contributed by atoms with Crippen LogP contribution in [0.25, 0.3) is 0 Å². The zero-order valence-electron chi connectivity index (χ0n) is 13.7. The molecule has 6 heteroatoms. The van der Waals surface area contributed by atoms with E-state index in [4.69, 9.17) is 11.6 Å². The first-order chi connectivity index (χ1) is 11.6. The summed E-state index contributed by atoms with van der Waals surface area (Å²) in [5.41, 5.74) is 0.702. The van der Waals surface area contributed by atoms with Crippen molar-refractivity contribution in [2.75, 3.05) is 18.4 Å². The van der Waals surface area contributed by atoms with E-state index >= 15 is 0 Å². The fourth-order valence-electron chi connectivity index (χ4n) is 3.43. The summed E-state index contributed by atoms with van der Waals surface area (Å²) in [5, 5.41) is 8.69. The average Bonchev–Trinajstić information content (AvgIpc) is 3.21. The van der Waals surface area contributed by atoms with Crippen LogP contribution in [0.1, 0.15) is 30.7 Å². The lowest BCUT2D eigenvalue weighted by molar-refractivity contribution is -0.920. The molecule has 128 valence electrons. The van der Waals surface area contributed by atoms with E-state index in [1.807, 2.05) is 12.1 Å². The molecule has 1 aliphatic heterocycles. The van der Waals surface area contributed by atoms with Crippen molar-refractivity contribution in [1.29, 1.82) is 0 Å². The number of carbonyl (C=O) groups is 1. The zero-order chi connectivity index (χ0) is 16.9. The third-order valence-electron chi connectivity index (χ3n) is 4.48. The number of likely N-dealkylation sites (tertiary alicyclic amines) is 1. The molecule has 1 aliphatic rings. The van der Waals surface area contributed by atoms with Crippen LogP contribution in [0.5, 0.6) is 0 Å². The predicted molar refractivity (Wildman–Crippen MR) is 100 cm³/mol. The molecule has 0 spiro atoms. The summed E-state index contributed by atoms with van der Waals surface area (Å²) in [6.07, 6.45) is 2.53. The Morgan fingerprint density at radius 2 is 2.04 bits per heavy atom. The molecule has 2 atom stereocenters. The maximum Gasteiger partial charge on any atom is 0.319 e. The van der Waals surface area contributed by atoms with Gasteiger partial charge in [0.2, 0.25) is 0 Å². The number of carbonyl (C=O) groups excluding carboxylic acids is 1. The number of halogens is 1. The maximum absolute atomic E-state index is 12.4. The Bertz CT molecular complexity index is 671. The van der Waals surface area contributed by atoms with E-state index in [2.05, 4.69) is 35.1 Å². The SMILES string of the molecule is C[C@@H](NC(=O)Nc1cccc(Cl)c1)[C@@H](c1cccs1)[NH+]1CCCC1. The number of thiophene rings is 1. The Morgan fingerprint density at radius 1 is 1.25 bits per heavy atom. The summed E-state index contributed by atoms with van der Waals surface area (Å²) < 4.78 is 0. The number of nitrogens with one attached hydrogen (secondary N) is 3. The van der Waals surface area contributed by atoms with Gasteiger partial charge in [0.1, 0.15) is 6.04 Å². The number of benzene rings is 1. The van der Waals surface area contributed by atoms with Gasteiger partial charge in [-0.2, -0.15) is 0 Å². The van der Waals surface area contributed by atoms with Crippen molar-refractivity contribution < 1.29 is 9.69 Å². The van der Waals surface area contributed by atoms with Crippen LogP contribution >= 0.6 is 22.9 Å². The molecule has 2 amide bonds. The van der Waals surface area contributed by atoms with Crippen molar-refractivity contribution in [1.82, 2.24) is 5.32 Å². The van der Waals surface area contributed by atoms with Crippen LogP contribution in [0.15, 0.2) is 41.8 Å². The van der Waals surface area contributed by atoms with E-state index in [1.54, 1.807) is 28.4 Å². The van der Waals surface area contributed by atoms with Crippen molar-refractivity contribution >= 4 is 34.7 Å². The van der Waals surface area contributed by atoms with Gasteiger partial charge in [-0.25, -0.2) is 4.79 Å². The Balaban J connectivity index is 1.66. The molecular formula is C18H23ClN3OS+. The van der Waals surface area contributed by atoms with Crippen molar-refractivity contribution in [3.05, 3.63) is 51.7 Å². The maximum atomic E-state index is 12.4. The molecule has 1 fully saturated rings. The number of quaternary nitrogens is 1. The Morgan fingerprint density at radius 3 is 2.71 bits per heavy atom. The molecular weight excluding hydrogens is 342 g/mol. The van der Waals surface area contributed by atoms with Gasteiger partial charge in [-0.05, 0) is 36.6 Å². The highest BCUT2D eigenvalue weighted by molar-refractivity contribution is 7.10. The smallest absolute Gasteiger partial charge is 0.319 e. The fourth-order valence-corrected chi connectivity index (χ4v) is 4.61. The van der Waals surface area contributed by atoms with Crippen LogP contribution < -0.4 is 15.5 Å². The van der Waals surface area contributed by atoms with Crippen LogP contribution in [-0.4, -0.2) is 25.2 Å². The lowest BCUT2D eigenvalue weighted by Crippen LogP contribution is -3.11. The lowest BCUT2D eigenvalue weighted by Gasteiger charge is -2.29. The summed E-state index contributed by atoms with van der Waals surface area (Å²) in [6.45, 7) is 4.43. The van der Waals surface area contributed by atoms with Crippen molar-refractivity contribution in [2.24, 2.45) is 0 Å². The van der Waals surface area contributed by atoms with Crippen LogP contribution in [-0.2, 0) is 0 Å². The molecule has 3 N–H and O–H groups in total. The van der Waals surface area contributed by atoms with E-state index in [-0.39, 0.29) is 12.1 Å². The second-order valence-electron chi connectivity index (χ2n) is 6.26. The molecule has 2 heterocycles. The monoisotopic (exact) mass is 364 g/mol. The number of anilines is 1. The number of urea groups is 1. The number of rotatable bonds is 5. The van der Waals surface area contributed by atoms with Gasteiger partial charge < -0.3 is 15.5 Å². The van der Waals surface area contributed by atoms with Gasteiger partial charge in [-0.15, -0.1) is 11.3 Å². The van der Waals surface area contributed by atoms with Crippen LogP contribution in [0.4, 0.5) is 10.5 Å². The predicted octanol–water partition coefficient (Wildman–Crippen LogP) is 3.33. The summed E-state index contributed by atoms with van der Waals surface area (Å²) in [4.78, 5) is 15.3. The van der Waals surface area contributed by atoms with Crippen molar-refractivity contribution in [3.63, 3.8) is 0 Å². The quantitative estimate of drug-likeness (QED) is 0.748. The van der Waals surface area contributed by atoms with E-state index in [0.717, 1.165) is 0 Å². The van der Waals surface area contributed by atoms with Gasteiger partial charge in [0, 0.05) is 23.6 Å². The molecule has 0 aliphatic carbocycles. The van der Waals surface area contributed by atoms with Gasteiger partial charge in [0.05, 0.1) is 24.0 Å². The molecule has 1 aromatic carbocycles. The van der Waals surface area contributed by atoms with E-state index in [9.17, 15) is 4.79 Å². The van der Waals surface area contributed by atoms with E-state index in [1.165, 1.54) is 30.8 Å². The van der Waals surface area contributed by atoms with Crippen molar-refractivity contribution in [3.8, 4) is 0 Å². The van der Waals surface area contributed by atoms with E-state index < -0.39 is 0 Å². The van der Waals surface area contributed by atoms with Crippen LogP contribution in [0, 0.1) is 0 Å². The van der Waals surface area contributed by atoms with Gasteiger partial charge in [0.25, 0.3) is 0 Å². The number of hydrogen-bond acceptors (Lipinski definition) is 2. The van der Waals surface area contributed by atoms with Crippen molar-refractivity contribution in [2.45, 2.75) is 31.8 Å². The number of amides is 2. The van der Waals surface area contributed by atoms with Gasteiger partial charge in [-0.1, -0.05) is 23.7 Å². The molecule has 1 saturated heterocycles. The summed E-state index contributed by atoms with van der Waals surface area (Å²) in [7, 11) is 0. The minimum Gasteiger partial charge on any atom is -0.329 e. The highest BCUT2D eigenvalue weighted by atomic mass is 35.5. The molecule has 0 radical (unpaired) electrons. The lowest BCUT2D eigenvalue weighted by atomic mass is 10.1. The highest BCUT2D eigenvalue weighted by Gasteiger charge is 2.33. The topological polar surface area (TPSA) is 45.6 Å². The Hall–Kier alpha value is -1.56. The first-order valence-electron chi connectivity index (χ1n) is 8.34. The first kappa shape index (κ1) is 17.3. The van der Waals surface area contributed by atoms with Crippen LogP contribution in [0.2, 0.25) is 5.02 Å². The molecule has 0 unspecified atom stereocenters. The molecule has 4 nitrogen and oxygen atoms in total. The molecule has 1 aromatic heterocycles. The largest absolute Gasteiger partial charge is 0.329 e. The molecule has 2 aromatic rings. The highest BCUT2D eigenvalue weighted by Crippen LogP contribution is 2.21. The second-order valence-corrected chi connectivity index (χ2v) is 7.67. The molecule has 3 rings (SSSR count). The summed E-state index contributed by atoms with van der Waals surface area (Å²) >= 11 is 7.73. The van der Waals surface area contributed by atoms with Gasteiger partial charge in [-0.3, -0.25) is 0 Å². The van der Waals surface area contributed by atoms with Gasteiger partial charge in [0.15, 0.2) is 0 Å². The zero-order valence-corrected chi connectivity index (χ0v) is 15.3. The molecule has 0 bridgehead atoms. The molecule has 0 saturated carbocycles. The normalized spacial score (nSPS) is 17.4.